The standard InChI is InChI=1S/C15H17N7O2S/c16-13-19-14(17)21-15(20-13)25-8-11(23)18-9-4-1-2-5-10(9)22-7-3-6-12(22)24/h1-2,4-5H,3,6-8H2,(H,18,23)(H4,16,17,19,20,21). The van der Waals surface area contributed by atoms with Crippen LogP contribution in [0.2, 0.25) is 0 Å². The maximum absolute atomic E-state index is 12.2. The van der Waals surface area contributed by atoms with Crippen LogP contribution in [0.5, 0.6) is 0 Å². The van der Waals surface area contributed by atoms with Crippen molar-refractivity contribution < 1.29 is 9.59 Å². The third kappa shape index (κ3) is 4.15. The van der Waals surface area contributed by atoms with Crippen LogP contribution in [-0.4, -0.2) is 39.1 Å². The lowest BCUT2D eigenvalue weighted by atomic mass is 10.2. The zero-order valence-electron chi connectivity index (χ0n) is 13.3. The largest absolute Gasteiger partial charge is 0.368 e. The van der Waals surface area contributed by atoms with Gasteiger partial charge in [-0.2, -0.15) is 15.0 Å². The molecule has 0 bridgehead atoms. The molecule has 1 saturated heterocycles. The van der Waals surface area contributed by atoms with E-state index in [2.05, 4.69) is 20.3 Å². The second-order valence-electron chi connectivity index (χ2n) is 5.34. The number of hydrogen-bond acceptors (Lipinski definition) is 8. The number of nitrogen functional groups attached to an aromatic ring is 2. The Morgan fingerprint density at radius 3 is 2.60 bits per heavy atom. The number of thioether (sulfide) groups is 1. The van der Waals surface area contributed by atoms with Crippen LogP contribution in [-0.2, 0) is 9.59 Å². The minimum atomic E-state index is -0.248. The van der Waals surface area contributed by atoms with Crippen molar-refractivity contribution in [2.24, 2.45) is 0 Å². The molecule has 1 aromatic heterocycles. The number of carbonyl (C=O) groups is 2. The summed E-state index contributed by atoms with van der Waals surface area (Å²) in [5.74, 6) is -0.0963. The van der Waals surface area contributed by atoms with Gasteiger partial charge in [0.05, 0.1) is 17.1 Å². The highest BCUT2D eigenvalue weighted by atomic mass is 32.2. The average Bonchev–Trinajstić information content (AvgIpc) is 2.98. The SMILES string of the molecule is Nc1nc(N)nc(SCC(=O)Nc2ccccc2N2CCCC2=O)n1. The van der Waals surface area contributed by atoms with Gasteiger partial charge in [0.2, 0.25) is 23.7 Å². The molecular formula is C15H17N7O2S. The van der Waals surface area contributed by atoms with E-state index in [0.717, 1.165) is 18.2 Å². The van der Waals surface area contributed by atoms with Crippen molar-refractivity contribution in [3.05, 3.63) is 24.3 Å². The molecule has 9 nitrogen and oxygen atoms in total. The molecule has 2 heterocycles. The molecule has 25 heavy (non-hydrogen) atoms. The predicted octanol–water partition coefficient (Wildman–Crippen LogP) is 0.894. The van der Waals surface area contributed by atoms with E-state index in [4.69, 9.17) is 11.5 Å². The van der Waals surface area contributed by atoms with Crippen molar-refractivity contribution in [3.8, 4) is 0 Å². The first-order valence-corrected chi connectivity index (χ1v) is 8.60. The highest BCUT2D eigenvalue weighted by molar-refractivity contribution is 7.99. The van der Waals surface area contributed by atoms with Gasteiger partial charge in [-0.25, -0.2) is 0 Å². The Kier molecular flexibility index (Phi) is 4.98. The third-order valence-corrected chi connectivity index (χ3v) is 4.37. The average molecular weight is 359 g/mol. The number of nitrogens with two attached hydrogens (primary N) is 2. The lowest BCUT2D eigenvalue weighted by molar-refractivity contribution is -0.117. The maximum Gasteiger partial charge on any atom is 0.234 e. The lowest BCUT2D eigenvalue weighted by Gasteiger charge is -2.19. The fourth-order valence-corrected chi connectivity index (χ4v) is 3.14. The number of nitrogens with zero attached hydrogens (tertiary/aromatic N) is 4. The monoisotopic (exact) mass is 359 g/mol. The van der Waals surface area contributed by atoms with Gasteiger partial charge < -0.3 is 21.7 Å². The van der Waals surface area contributed by atoms with Gasteiger partial charge in [0.25, 0.3) is 0 Å². The number of nitrogens with one attached hydrogen (secondary N) is 1. The van der Waals surface area contributed by atoms with Gasteiger partial charge in [0.1, 0.15) is 0 Å². The first kappa shape index (κ1) is 17.0. The van der Waals surface area contributed by atoms with Crippen molar-refractivity contribution in [3.63, 3.8) is 0 Å². The van der Waals surface area contributed by atoms with Crippen molar-refractivity contribution in [2.75, 3.05) is 34.0 Å². The predicted molar refractivity (Wildman–Crippen MR) is 96.0 cm³/mol. The molecular weight excluding hydrogens is 342 g/mol. The fraction of sp³-hybridized carbons (Fsp3) is 0.267. The Bertz CT molecular complexity index is 794. The molecule has 130 valence electrons. The number of aromatic nitrogens is 3. The van der Waals surface area contributed by atoms with Crippen LogP contribution in [0.15, 0.2) is 29.4 Å². The van der Waals surface area contributed by atoms with Gasteiger partial charge in [-0.15, -0.1) is 0 Å². The second kappa shape index (κ2) is 7.34. The summed E-state index contributed by atoms with van der Waals surface area (Å²) in [6.45, 7) is 0.657. The van der Waals surface area contributed by atoms with Crippen molar-refractivity contribution in [1.29, 1.82) is 0 Å². The first-order chi connectivity index (χ1) is 12.0. The molecule has 0 saturated carbocycles. The van der Waals surface area contributed by atoms with Gasteiger partial charge in [-0.1, -0.05) is 23.9 Å². The summed E-state index contributed by atoms with van der Waals surface area (Å²) in [6, 6.07) is 7.23. The summed E-state index contributed by atoms with van der Waals surface area (Å²) in [5, 5.41) is 3.10. The molecule has 1 aliphatic rings. The van der Waals surface area contributed by atoms with Crippen LogP contribution >= 0.6 is 11.8 Å². The van der Waals surface area contributed by atoms with Crippen LogP contribution in [0.4, 0.5) is 23.3 Å². The van der Waals surface area contributed by atoms with Crippen LogP contribution < -0.4 is 21.7 Å². The van der Waals surface area contributed by atoms with Crippen molar-refractivity contribution in [1.82, 2.24) is 15.0 Å². The molecule has 0 unspecified atom stereocenters. The van der Waals surface area contributed by atoms with E-state index in [-0.39, 0.29) is 34.6 Å². The van der Waals surface area contributed by atoms with E-state index in [1.165, 1.54) is 0 Å². The number of anilines is 4. The summed E-state index contributed by atoms with van der Waals surface area (Å²) in [5.41, 5.74) is 12.3. The molecule has 0 atom stereocenters. The molecule has 0 radical (unpaired) electrons. The number of benzene rings is 1. The van der Waals surface area contributed by atoms with E-state index < -0.39 is 0 Å². The minimum Gasteiger partial charge on any atom is -0.368 e. The van der Waals surface area contributed by atoms with E-state index in [0.29, 0.717) is 24.3 Å². The minimum absolute atomic E-state index is 0.00768. The normalized spacial score (nSPS) is 13.9. The number of hydrogen-bond donors (Lipinski definition) is 3. The molecule has 2 aromatic rings. The zero-order valence-corrected chi connectivity index (χ0v) is 14.1. The quantitative estimate of drug-likeness (QED) is 0.669. The summed E-state index contributed by atoms with van der Waals surface area (Å²) < 4.78 is 0. The van der Waals surface area contributed by atoms with E-state index >= 15 is 0 Å². The van der Waals surface area contributed by atoms with Crippen molar-refractivity contribution >= 4 is 46.8 Å². The first-order valence-electron chi connectivity index (χ1n) is 7.62. The van der Waals surface area contributed by atoms with Crippen molar-refractivity contribution in [2.45, 2.75) is 18.0 Å². The molecule has 10 heteroatoms. The summed E-state index contributed by atoms with van der Waals surface area (Å²) in [4.78, 5) is 37.4. The molecule has 2 amide bonds. The summed E-state index contributed by atoms with van der Waals surface area (Å²) in [6.07, 6.45) is 1.35. The van der Waals surface area contributed by atoms with Crippen LogP contribution in [0.1, 0.15) is 12.8 Å². The van der Waals surface area contributed by atoms with Crippen LogP contribution in [0.3, 0.4) is 0 Å². The van der Waals surface area contributed by atoms with E-state index in [1.807, 2.05) is 12.1 Å². The number of para-hydroxylation sites is 2. The third-order valence-electron chi connectivity index (χ3n) is 3.52. The number of carbonyl (C=O) groups excluding carboxylic acids is 2. The summed E-state index contributed by atoms with van der Waals surface area (Å²) >= 11 is 1.10. The second-order valence-corrected chi connectivity index (χ2v) is 6.28. The highest BCUT2D eigenvalue weighted by Gasteiger charge is 2.24. The Morgan fingerprint density at radius 2 is 1.92 bits per heavy atom. The Hall–Kier alpha value is -2.88. The fourth-order valence-electron chi connectivity index (χ4n) is 2.49. The van der Waals surface area contributed by atoms with Gasteiger partial charge in [-0.05, 0) is 18.6 Å². The van der Waals surface area contributed by atoms with Gasteiger partial charge in [-0.3, -0.25) is 9.59 Å². The van der Waals surface area contributed by atoms with E-state index in [1.54, 1.807) is 17.0 Å². The van der Waals surface area contributed by atoms with Crippen LogP contribution in [0.25, 0.3) is 0 Å². The number of rotatable bonds is 5. The molecule has 5 N–H and O–H groups in total. The Labute approximate surface area is 148 Å². The molecule has 0 aliphatic carbocycles. The number of amides is 2. The lowest BCUT2D eigenvalue weighted by Crippen LogP contribution is -2.26. The smallest absolute Gasteiger partial charge is 0.234 e. The maximum atomic E-state index is 12.2. The van der Waals surface area contributed by atoms with Gasteiger partial charge in [0, 0.05) is 13.0 Å². The molecule has 0 spiro atoms. The van der Waals surface area contributed by atoms with E-state index in [9.17, 15) is 9.59 Å². The topological polar surface area (TPSA) is 140 Å². The Morgan fingerprint density at radius 1 is 1.20 bits per heavy atom. The highest BCUT2D eigenvalue weighted by Crippen LogP contribution is 2.29. The zero-order chi connectivity index (χ0) is 17.8. The molecule has 1 aliphatic heterocycles. The summed E-state index contributed by atoms with van der Waals surface area (Å²) in [7, 11) is 0. The van der Waals surface area contributed by atoms with Gasteiger partial charge >= 0.3 is 0 Å². The Balaban J connectivity index is 1.66. The molecule has 1 aromatic carbocycles. The molecule has 1 fully saturated rings. The molecule has 3 rings (SSSR count). The van der Waals surface area contributed by atoms with Gasteiger partial charge in [0.15, 0.2) is 5.16 Å². The van der Waals surface area contributed by atoms with Crippen LogP contribution in [0, 0.1) is 0 Å².